The van der Waals surface area contributed by atoms with E-state index in [1.54, 1.807) is 30.0 Å². The van der Waals surface area contributed by atoms with E-state index in [0.29, 0.717) is 16.5 Å². The van der Waals surface area contributed by atoms with E-state index >= 15 is 0 Å². The minimum Gasteiger partial charge on any atom is -0.484 e. The van der Waals surface area contributed by atoms with Crippen LogP contribution in [0.2, 0.25) is 5.02 Å². The van der Waals surface area contributed by atoms with Crippen molar-refractivity contribution in [3.05, 3.63) is 107 Å². The van der Waals surface area contributed by atoms with E-state index in [1.807, 2.05) is 73.7 Å². The minimum absolute atomic E-state index is 0.179. The van der Waals surface area contributed by atoms with Crippen LogP contribution in [0.15, 0.2) is 99.1 Å². The zero-order valence-corrected chi connectivity index (χ0v) is 18.4. The number of halogens is 1. The molecule has 31 heavy (non-hydrogen) atoms. The molecule has 0 saturated heterocycles. The summed E-state index contributed by atoms with van der Waals surface area (Å²) >= 11 is 7.78. The predicted molar refractivity (Wildman–Crippen MR) is 124 cm³/mol. The highest BCUT2D eigenvalue weighted by Crippen LogP contribution is 2.33. The van der Waals surface area contributed by atoms with Gasteiger partial charge in [0.2, 0.25) is 0 Å². The maximum absolute atomic E-state index is 12.7. The number of carbonyl (C=O) groups excluding carboxylic acids is 1. The first-order valence-corrected chi connectivity index (χ1v) is 10.9. The van der Waals surface area contributed by atoms with Crippen LogP contribution in [0.4, 0.5) is 5.69 Å². The summed E-state index contributed by atoms with van der Waals surface area (Å²) in [6.45, 7) is 2.10. The molecule has 1 heterocycles. The molecule has 0 aliphatic carbocycles. The first-order valence-electron chi connectivity index (χ1n) is 9.70. The third-order valence-electron chi connectivity index (χ3n) is 4.51. The lowest BCUT2D eigenvalue weighted by Gasteiger charge is -2.10. The summed E-state index contributed by atoms with van der Waals surface area (Å²) < 4.78 is 11.5. The van der Waals surface area contributed by atoms with Gasteiger partial charge in [-0.15, -0.1) is 0 Å². The Morgan fingerprint density at radius 1 is 0.968 bits per heavy atom. The fourth-order valence-corrected chi connectivity index (χ4v) is 4.18. The maximum atomic E-state index is 12.7. The summed E-state index contributed by atoms with van der Waals surface area (Å²) in [5, 5.41) is 3.48. The van der Waals surface area contributed by atoms with Crippen molar-refractivity contribution in [2.24, 2.45) is 0 Å². The quantitative estimate of drug-likeness (QED) is 0.323. The van der Waals surface area contributed by atoms with Crippen LogP contribution in [0.5, 0.6) is 5.75 Å². The van der Waals surface area contributed by atoms with Gasteiger partial charge in [0.1, 0.15) is 18.1 Å². The average molecular weight is 450 g/mol. The zero-order valence-electron chi connectivity index (χ0n) is 16.8. The Hall–Kier alpha value is -3.15. The van der Waals surface area contributed by atoms with Crippen molar-refractivity contribution in [1.29, 1.82) is 0 Å². The first-order chi connectivity index (χ1) is 15.1. The fraction of sp³-hybridized carbons (Fsp3) is 0.0800. The summed E-state index contributed by atoms with van der Waals surface area (Å²) in [5.41, 5.74) is 1.66. The van der Waals surface area contributed by atoms with Crippen LogP contribution in [0, 0.1) is 6.92 Å². The van der Waals surface area contributed by atoms with Crippen molar-refractivity contribution in [2.75, 3.05) is 5.32 Å². The van der Waals surface area contributed by atoms with E-state index in [-0.39, 0.29) is 18.3 Å². The fourth-order valence-electron chi connectivity index (χ4n) is 2.98. The molecular weight excluding hydrogens is 430 g/mol. The Kier molecular flexibility index (Phi) is 6.65. The molecule has 4 rings (SSSR count). The molecule has 0 saturated carbocycles. The van der Waals surface area contributed by atoms with E-state index in [0.717, 1.165) is 21.0 Å². The van der Waals surface area contributed by atoms with Crippen LogP contribution in [0.1, 0.15) is 21.9 Å². The molecule has 0 aliphatic rings. The molecule has 0 fully saturated rings. The number of carbonyl (C=O) groups is 1. The van der Waals surface area contributed by atoms with Gasteiger partial charge in [0, 0.05) is 9.79 Å². The molecule has 0 unspecified atom stereocenters. The van der Waals surface area contributed by atoms with Crippen molar-refractivity contribution in [3.63, 3.8) is 0 Å². The molecule has 1 amide bonds. The molecule has 1 aromatic heterocycles. The van der Waals surface area contributed by atoms with Crippen LogP contribution in [-0.4, -0.2) is 5.91 Å². The second-order valence-corrected chi connectivity index (χ2v) is 8.33. The van der Waals surface area contributed by atoms with Gasteiger partial charge in [-0.25, -0.2) is 0 Å². The second kappa shape index (κ2) is 9.77. The molecule has 4 aromatic rings. The summed E-state index contributed by atoms with van der Waals surface area (Å²) in [6.07, 6.45) is 0. The number of nitrogens with one attached hydrogen (secondary N) is 1. The number of amides is 1. The SMILES string of the molecule is Cc1cccc(Cl)c1OCc1ccc(C(=O)Nc2ccccc2Sc2ccccc2)o1. The van der Waals surface area contributed by atoms with Gasteiger partial charge in [0.25, 0.3) is 5.91 Å². The number of ether oxygens (including phenoxy) is 1. The standard InChI is InChI=1S/C25H20ClNO3S/c1-17-8-7-11-20(26)24(17)29-16-18-14-15-22(30-18)25(28)27-21-12-5-6-13-23(21)31-19-9-3-2-4-10-19/h2-15H,16H2,1H3,(H,27,28). The molecule has 0 aliphatic heterocycles. The second-order valence-electron chi connectivity index (χ2n) is 6.81. The molecule has 156 valence electrons. The van der Waals surface area contributed by atoms with Crippen molar-refractivity contribution in [1.82, 2.24) is 0 Å². The molecule has 0 radical (unpaired) electrons. The molecule has 3 aromatic carbocycles. The molecular formula is C25H20ClNO3S. The zero-order chi connectivity index (χ0) is 21.6. The van der Waals surface area contributed by atoms with Gasteiger partial charge in [-0.1, -0.05) is 65.8 Å². The molecule has 0 atom stereocenters. The Morgan fingerprint density at radius 3 is 2.55 bits per heavy atom. The number of benzene rings is 3. The third kappa shape index (κ3) is 5.32. The smallest absolute Gasteiger partial charge is 0.291 e. The van der Waals surface area contributed by atoms with Crippen LogP contribution in [0.25, 0.3) is 0 Å². The van der Waals surface area contributed by atoms with Crippen molar-refractivity contribution >= 4 is 35.0 Å². The molecule has 6 heteroatoms. The van der Waals surface area contributed by atoms with E-state index in [9.17, 15) is 4.79 Å². The van der Waals surface area contributed by atoms with E-state index in [1.165, 1.54) is 0 Å². The predicted octanol–water partition coefficient (Wildman–Crippen LogP) is 7.22. The molecule has 0 spiro atoms. The molecule has 1 N–H and O–H groups in total. The lowest BCUT2D eigenvalue weighted by molar-refractivity contribution is 0.0992. The van der Waals surface area contributed by atoms with Gasteiger partial charge >= 0.3 is 0 Å². The highest BCUT2D eigenvalue weighted by molar-refractivity contribution is 7.99. The molecule has 0 bridgehead atoms. The van der Waals surface area contributed by atoms with Crippen LogP contribution >= 0.6 is 23.4 Å². The number of hydrogen-bond acceptors (Lipinski definition) is 4. The van der Waals surface area contributed by atoms with E-state index < -0.39 is 0 Å². The summed E-state index contributed by atoms with van der Waals surface area (Å²) in [7, 11) is 0. The Bertz CT molecular complexity index is 1170. The average Bonchev–Trinajstić information content (AvgIpc) is 3.25. The number of hydrogen-bond donors (Lipinski definition) is 1. The van der Waals surface area contributed by atoms with Gasteiger partial charge in [-0.3, -0.25) is 4.79 Å². The highest BCUT2D eigenvalue weighted by Gasteiger charge is 2.15. The van der Waals surface area contributed by atoms with Crippen LogP contribution in [0.3, 0.4) is 0 Å². The highest BCUT2D eigenvalue weighted by atomic mass is 35.5. The number of furan rings is 1. The van der Waals surface area contributed by atoms with E-state index in [4.69, 9.17) is 20.8 Å². The maximum Gasteiger partial charge on any atom is 0.291 e. The summed E-state index contributed by atoms with van der Waals surface area (Å²) in [5.74, 6) is 1.05. The summed E-state index contributed by atoms with van der Waals surface area (Å²) in [6, 6.07) is 26.6. The summed E-state index contributed by atoms with van der Waals surface area (Å²) in [4.78, 5) is 14.8. The van der Waals surface area contributed by atoms with Gasteiger partial charge < -0.3 is 14.5 Å². The van der Waals surface area contributed by atoms with Gasteiger partial charge in [-0.2, -0.15) is 0 Å². The van der Waals surface area contributed by atoms with Crippen molar-refractivity contribution in [3.8, 4) is 5.75 Å². The van der Waals surface area contributed by atoms with Crippen molar-refractivity contribution in [2.45, 2.75) is 23.3 Å². The lowest BCUT2D eigenvalue weighted by atomic mass is 10.2. The number of rotatable bonds is 7. The number of para-hydroxylation sites is 2. The topological polar surface area (TPSA) is 51.5 Å². The van der Waals surface area contributed by atoms with E-state index in [2.05, 4.69) is 5.32 Å². The Morgan fingerprint density at radius 2 is 1.74 bits per heavy atom. The van der Waals surface area contributed by atoms with Crippen LogP contribution < -0.4 is 10.1 Å². The first kappa shape index (κ1) is 21.1. The molecule has 4 nitrogen and oxygen atoms in total. The van der Waals surface area contributed by atoms with Gasteiger partial charge in [0.15, 0.2) is 5.76 Å². The Labute approximate surface area is 190 Å². The number of anilines is 1. The third-order valence-corrected chi connectivity index (χ3v) is 5.90. The van der Waals surface area contributed by atoms with Gasteiger partial charge in [0.05, 0.1) is 10.7 Å². The monoisotopic (exact) mass is 449 g/mol. The van der Waals surface area contributed by atoms with Crippen LogP contribution in [-0.2, 0) is 6.61 Å². The minimum atomic E-state index is -0.318. The lowest BCUT2D eigenvalue weighted by Crippen LogP contribution is -2.11. The van der Waals surface area contributed by atoms with Crippen molar-refractivity contribution < 1.29 is 13.9 Å². The largest absolute Gasteiger partial charge is 0.484 e. The van der Waals surface area contributed by atoms with Gasteiger partial charge in [-0.05, 0) is 55.0 Å². The number of aryl methyl sites for hydroxylation is 1. The normalized spacial score (nSPS) is 10.6. The Balaban J connectivity index is 1.43.